The van der Waals surface area contributed by atoms with E-state index < -0.39 is 112 Å². The fraction of sp³-hybridized carbons (Fsp3) is 0.615. The van der Waals surface area contributed by atoms with Crippen LogP contribution in [0.5, 0.6) is 0 Å². The first-order valence-electron chi connectivity index (χ1n) is 28.0. The Hall–Kier alpha value is -7.65. The van der Waals surface area contributed by atoms with E-state index in [0.717, 1.165) is 33.4 Å². The van der Waals surface area contributed by atoms with Crippen LogP contribution in [-0.2, 0) is 83.3 Å². The Morgan fingerprint density at radius 3 is 1.33 bits per heavy atom. The Morgan fingerprint density at radius 2 is 0.977 bits per heavy atom. The number of alkyl carbamates (subject to hydrolysis) is 1. The maximum atomic E-state index is 13.8. The molecule has 6 rings (SSSR count). The van der Waals surface area contributed by atoms with Gasteiger partial charge in [0.1, 0.15) is 47.1 Å². The van der Waals surface area contributed by atoms with Gasteiger partial charge >= 0.3 is 48.3 Å². The summed E-state index contributed by atoms with van der Waals surface area (Å²) >= 11 is 0. The third-order valence-electron chi connectivity index (χ3n) is 13.8. The number of carbonyl (C=O) groups is 9. The SMILES string of the molecule is C.C.C.C=Cc1cccc2c1CN(C(=O)O[C@@H]1C[C@@H](C(=O)OC)N(C(=O)OC(C)(C)C)C1)C2.C=Cc1cccc2c1CN(C(=O)O[C@@H]1C[C@@H](C(=O)OC)N(C(=O)[C@@H](CC(=O)OC(C)(C)C)C(C)(C)C)C1)C2.CC(C)(C)OC(=O)N[C@H](C(=O)O)C(C)(C)C. The highest BCUT2D eigenvalue weighted by Gasteiger charge is 2.48. The molecule has 6 atom stereocenters. The molecule has 2 aromatic carbocycles. The molecule has 5 amide bonds. The Bertz CT molecular complexity index is 2780. The highest BCUT2D eigenvalue weighted by molar-refractivity contribution is 5.89. The topological polar surface area (TPSA) is 263 Å². The fourth-order valence-electron chi connectivity index (χ4n) is 9.81. The van der Waals surface area contributed by atoms with E-state index in [2.05, 4.69) is 18.5 Å². The van der Waals surface area contributed by atoms with Crippen LogP contribution in [0.2, 0.25) is 0 Å². The summed E-state index contributed by atoms with van der Waals surface area (Å²) in [5, 5.41) is 11.3. The second-order valence-corrected chi connectivity index (χ2v) is 26.3. The predicted octanol–water partition coefficient (Wildman–Crippen LogP) is 11.6. The Morgan fingerprint density at radius 1 is 0.575 bits per heavy atom. The lowest BCUT2D eigenvalue weighted by Gasteiger charge is -2.34. The normalized spacial score (nSPS) is 18.4. The van der Waals surface area contributed by atoms with Gasteiger partial charge in [0.2, 0.25) is 5.91 Å². The maximum Gasteiger partial charge on any atom is 0.411 e. The molecule has 0 spiro atoms. The van der Waals surface area contributed by atoms with Crippen LogP contribution >= 0.6 is 0 Å². The highest BCUT2D eigenvalue weighted by atomic mass is 16.6. The van der Waals surface area contributed by atoms with Crippen LogP contribution in [0, 0.1) is 16.7 Å². The molecule has 4 aliphatic heterocycles. The molecule has 0 aromatic heterocycles. The molecule has 2 saturated heterocycles. The second-order valence-electron chi connectivity index (χ2n) is 26.3. The number of amides is 5. The third kappa shape index (κ3) is 22.2. The van der Waals surface area contributed by atoms with E-state index in [9.17, 15) is 43.2 Å². The van der Waals surface area contributed by atoms with Gasteiger partial charge in [-0.1, -0.05) is 126 Å². The minimum atomic E-state index is -1.07. The number of carbonyl (C=O) groups excluding carboxylic acids is 8. The molecule has 0 bridgehead atoms. The van der Waals surface area contributed by atoms with Crippen molar-refractivity contribution in [2.75, 3.05) is 27.3 Å². The number of fused-ring (bicyclic) bond motifs is 2. The van der Waals surface area contributed by atoms with Crippen LogP contribution in [0.1, 0.15) is 179 Å². The maximum absolute atomic E-state index is 13.8. The summed E-state index contributed by atoms with van der Waals surface area (Å²) in [6, 6.07) is 8.96. The van der Waals surface area contributed by atoms with Gasteiger partial charge in [0.15, 0.2) is 0 Å². The monoisotopic (exact) mass is 1220 g/mol. The fourth-order valence-corrected chi connectivity index (χ4v) is 9.81. The molecular weight excluding hydrogens is 1120 g/mol. The largest absolute Gasteiger partial charge is 0.480 e. The molecule has 0 radical (unpaired) electrons. The summed E-state index contributed by atoms with van der Waals surface area (Å²) in [6.07, 6.45) is 0.00490. The zero-order valence-corrected chi connectivity index (χ0v) is 52.1. The number of ether oxygens (including phenoxy) is 7. The lowest BCUT2D eigenvalue weighted by atomic mass is 9.77. The van der Waals surface area contributed by atoms with Gasteiger partial charge in [-0.2, -0.15) is 0 Å². The Labute approximate surface area is 516 Å². The quantitative estimate of drug-likeness (QED) is 0.156. The molecule has 22 nitrogen and oxygen atoms in total. The van der Waals surface area contributed by atoms with E-state index in [4.69, 9.17) is 38.3 Å². The zero-order valence-electron chi connectivity index (χ0n) is 52.1. The molecule has 488 valence electrons. The van der Waals surface area contributed by atoms with E-state index >= 15 is 0 Å². The first-order chi connectivity index (χ1) is 38.7. The Balaban J connectivity index is 0.000000691. The standard InChI is InChI=1S/C29H40N2O7.C22H28N2O6.C11H21NO4.3CH4/c1-9-18-11-10-12-19-15-30(17-21(18)19)27(35)37-20-13-23(26(34)36-8)31(16-20)25(33)22(28(2,3)4)14-24(32)38-29(5,6)7;1-6-14-8-7-9-15-11-23(13-17(14)15)20(26)29-16-10-18(19(25)28-5)24(12-16)21(27)30-22(2,3)4;1-10(2,3)7(8(13)14)12-9(15)16-11(4,5)6;;;/h9-12,20,22-23H,1,13-17H2,2-8H3;6-9,16,18H,1,10-13H2,2-5H3;7H,1-6H3,(H,12,15)(H,13,14);3*1H4/t20-,22-,23+;16-,18+;7-;;;/m111.../s1. The zero-order chi connectivity index (χ0) is 63.6. The average Bonchev–Trinajstić information content (AvgIpc) is 1.98. The number of hydrogen-bond acceptors (Lipinski definition) is 16. The summed E-state index contributed by atoms with van der Waals surface area (Å²) in [7, 11) is 2.51. The van der Waals surface area contributed by atoms with Crippen molar-refractivity contribution < 1.29 is 81.4 Å². The highest BCUT2D eigenvalue weighted by Crippen LogP contribution is 2.36. The van der Waals surface area contributed by atoms with Gasteiger partial charge in [0.25, 0.3) is 0 Å². The molecule has 2 fully saturated rings. The molecule has 22 heteroatoms. The minimum absolute atomic E-state index is 0. The third-order valence-corrected chi connectivity index (χ3v) is 13.8. The van der Waals surface area contributed by atoms with Crippen LogP contribution in [0.4, 0.5) is 19.2 Å². The second kappa shape index (κ2) is 31.3. The number of carboxylic acids is 1. The molecule has 4 heterocycles. The molecule has 0 saturated carbocycles. The van der Waals surface area contributed by atoms with Gasteiger partial charge in [-0.3, -0.25) is 24.3 Å². The van der Waals surface area contributed by atoms with Crippen LogP contribution < -0.4 is 5.32 Å². The average molecular weight is 1220 g/mol. The first kappa shape index (κ1) is 77.4. The number of nitrogens with zero attached hydrogens (tertiary/aromatic N) is 4. The van der Waals surface area contributed by atoms with Crippen molar-refractivity contribution in [3.63, 3.8) is 0 Å². The van der Waals surface area contributed by atoms with Crippen LogP contribution in [0.15, 0.2) is 49.6 Å². The van der Waals surface area contributed by atoms with Crippen molar-refractivity contribution in [2.24, 2.45) is 16.7 Å². The first-order valence-corrected chi connectivity index (χ1v) is 28.0. The summed E-state index contributed by atoms with van der Waals surface area (Å²) in [4.78, 5) is 118. The molecular formula is C65H101N5O17. The molecule has 2 N–H and O–H groups in total. The summed E-state index contributed by atoms with van der Waals surface area (Å²) in [5.41, 5.74) is 2.95. The number of aliphatic carboxylic acids is 1. The number of benzene rings is 2. The molecule has 4 aliphatic rings. The van der Waals surface area contributed by atoms with Crippen molar-refractivity contribution >= 4 is 66.3 Å². The van der Waals surface area contributed by atoms with E-state index in [1.165, 1.54) is 24.0 Å². The van der Waals surface area contributed by atoms with Crippen molar-refractivity contribution in [1.82, 2.24) is 24.9 Å². The van der Waals surface area contributed by atoms with Gasteiger partial charge in [0, 0.05) is 25.9 Å². The molecule has 2 aromatic rings. The lowest BCUT2D eigenvalue weighted by molar-refractivity contribution is -0.162. The lowest BCUT2D eigenvalue weighted by Crippen LogP contribution is -2.50. The smallest absolute Gasteiger partial charge is 0.411 e. The van der Waals surface area contributed by atoms with E-state index in [1.54, 1.807) is 105 Å². The van der Waals surface area contributed by atoms with Crippen molar-refractivity contribution in [2.45, 2.75) is 219 Å². The molecule has 0 unspecified atom stereocenters. The van der Waals surface area contributed by atoms with Crippen molar-refractivity contribution in [3.8, 4) is 0 Å². The van der Waals surface area contributed by atoms with Crippen molar-refractivity contribution in [1.29, 1.82) is 0 Å². The summed E-state index contributed by atoms with van der Waals surface area (Å²) < 4.78 is 37.1. The number of carboxylic acid groups (broad SMARTS) is 1. The van der Waals surface area contributed by atoms with Crippen LogP contribution in [0.25, 0.3) is 12.2 Å². The number of rotatable bonds is 11. The van der Waals surface area contributed by atoms with Gasteiger partial charge < -0.3 is 48.5 Å². The van der Waals surface area contributed by atoms with E-state index in [1.807, 2.05) is 57.2 Å². The van der Waals surface area contributed by atoms with Crippen molar-refractivity contribution in [3.05, 3.63) is 82.9 Å². The number of hydrogen-bond donors (Lipinski definition) is 2. The van der Waals surface area contributed by atoms with Crippen LogP contribution in [-0.4, -0.2) is 153 Å². The van der Waals surface area contributed by atoms with Crippen LogP contribution in [0.3, 0.4) is 0 Å². The number of nitrogens with one attached hydrogen (secondary N) is 1. The Kier molecular flexibility index (Phi) is 27.8. The van der Waals surface area contributed by atoms with Gasteiger partial charge in [0.05, 0.1) is 52.7 Å². The minimum Gasteiger partial charge on any atom is -0.480 e. The molecule has 87 heavy (non-hydrogen) atoms. The van der Waals surface area contributed by atoms with E-state index in [0.29, 0.717) is 26.2 Å². The van der Waals surface area contributed by atoms with Gasteiger partial charge in [-0.15, -0.1) is 0 Å². The number of likely N-dealkylation sites (tertiary alicyclic amines) is 2. The van der Waals surface area contributed by atoms with E-state index in [-0.39, 0.29) is 60.5 Å². The summed E-state index contributed by atoms with van der Waals surface area (Å²) in [6.45, 7) is 35.9. The van der Waals surface area contributed by atoms with Gasteiger partial charge in [-0.05, 0) is 107 Å². The predicted molar refractivity (Wildman–Crippen MR) is 331 cm³/mol. The van der Waals surface area contributed by atoms with Gasteiger partial charge in [-0.25, -0.2) is 33.6 Å². The summed E-state index contributed by atoms with van der Waals surface area (Å²) in [5.74, 6) is -3.84. The number of esters is 3. The number of methoxy groups -OCH3 is 2. The molecule has 0 aliphatic carbocycles.